The van der Waals surface area contributed by atoms with Crippen LogP contribution in [0.4, 0.5) is 0 Å². The zero-order valence-electron chi connectivity index (χ0n) is 20.7. The molecule has 11 heteroatoms. The first-order chi connectivity index (χ1) is 16.8. The smallest absolute Gasteiger partial charge is 0.263 e. The van der Waals surface area contributed by atoms with Crippen LogP contribution in [-0.2, 0) is 25.6 Å². The van der Waals surface area contributed by atoms with Gasteiger partial charge in [-0.2, -0.15) is 0 Å². The normalized spacial score (nSPS) is 16.7. The summed E-state index contributed by atoms with van der Waals surface area (Å²) in [4.78, 5) is 37.7. The molecule has 0 saturated carbocycles. The summed E-state index contributed by atoms with van der Waals surface area (Å²) in [5, 5.41) is 30.9. The minimum atomic E-state index is -1.18. The van der Waals surface area contributed by atoms with E-state index in [4.69, 9.17) is 14.7 Å². The van der Waals surface area contributed by atoms with Gasteiger partial charge in [0.05, 0.1) is 25.0 Å². The zero-order valence-corrected chi connectivity index (χ0v) is 20.7. The summed E-state index contributed by atoms with van der Waals surface area (Å²) in [7, 11) is 2.57. The van der Waals surface area contributed by atoms with Crippen molar-refractivity contribution in [3.05, 3.63) is 36.0 Å². The molecule has 3 atom stereocenters. The molecule has 4 N–H and O–H groups in total. The third-order valence-corrected chi connectivity index (χ3v) is 5.84. The van der Waals surface area contributed by atoms with Crippen LogP contribution in [0.25, 0.3) is 10.9 Å². The molecule has 2 amide bonds. The molecule has 0 radical (unpaired) electrons. The fourth-order valence-electron chi connectivity index (χ4n) is 3.76. The minimum absolute atomic E-state index is 0.149. The minimum Gasteiger partial charge on any atom is -0.400 e. The Morgan fingerprint density at radius 1 is 1.23 bits per heavy atom. The molecule has 1 aromatic carbocycles. The average Bonchev–Trinajstić information content (AvgIpc) is 3.30. The highest BCUT2D eigenvalue weighted by atomic mass is 16.6. The number of para-hydroxylation sites is 1. The maximum absolute atomic E-state index is 13.4. The Hall–Kier alpha value is -2.99. The lowest BCUT2D eigenvalue weighted by Crippen LogP contribution is -2.53. The second kappa shape index (κ2) is 13.8. The first-order valence-corrected chi connectivity index (χ1v) is 11.4. The van der Waals surface area contributed by atoms with Crippen molar-refractivity contribution in [1.82, 2.24) is 14.8 Å². The SMILES string of the molecule is C/C(=N/OCC(=O)N(C)C(Cc1c[nH]c2ccccc12)C(=O)N1CCOCC1)C(O)C(C)O.CO. The Labute approximate surface area is 204 Å². The molecule has 35 heavy (non-hydrogen) atoms. The van der Waals surface area contributed by atoms with E-state index < -0.39 is 30.8 Å². The van der Waals surface area contributed by atoms with Crippen molar-refractivity contribution in [2.45, 2.75) is 38.5 Å². The van der Waals surface area contributed by atoms with E-state index in [2.05, 4.69) is 10.1 Å². The number of morpholine rings is 1. The topological polar surface area (TPSA) is 148 Å². The lowest BCUT2D eigenvalue weighted by atomic mass is 10.0. The number of aromatic amines is 1. The number of carbonyl (C=O) groups is 2. The number of nitrogens with one attached hydrogen (secondary N) is 1. The predicted molar refractivity (Wildman–Crippen MR) is 131 cm³/mol. The number of fused-ring (bicyclic) bond motifs is 1. The van der Waals surface area contributed by atoms with Crippen LogP contribution in [-0.4, -0.2) is 113 Å². The van der Waals surface area contributed by atoms with E-state index in [1.807, 2.05) is 30.5 Å². The van der Waals surface area contributed by atoms with E-state index in [1.165, 1.54) is 18.7 Å². The standard InChI is InChI=1S/C23H32N4O6.CH4O/c1-15(22(30)16(2)28)25-33-14-21(29)26(3)20(23(31)27-8-10-32-11-9-27)12-17-13-24-19-7-5-4-6-18(17)19;1-2/h4-7,13,16,20,22,24,28,30H,8-12,14H2,1-3H3;2H,1H3/b25-15-;. The Bertz CT molecular complexity index is 985. The van der Waals surface area contributed by atoms with E-state index in [1.54, 1.807) is 11.9 Å². The van der Waals surface area contributed by atoms with Crippen LogP contribution in [0.15, 0.2) is 35.6 Å². The van der Waals surface area contributed by atoms with Crippen molar-refractivity contribution in [1.29, 1.82) is 0 Å². The van der Waals surface area contributed by atoms with Gasteiger partial charge < -0.3 is 39.7 Å². The van der Waals surface area contributed by atoms with E-state index in [0.717, 1.165) is 23.6 Å². The van der Waals surface area contributed by atoms with Gasteiger partial charge in [0, 0.05) is 50.8 Å². The van der Waals surface area contributed by atoms with Gasteiger partial charge >= 0.3 is 0 Å². The average molecular weight is 493 g/mol. The number of hydrogen-bond donors (Lipinski definition) is 4. The Kier molecular flexibility index (Phi) is 11.1. The Morgan fingerprint density at radius 2 is 1.89 bits per heavy atom. The van der Waals surface area contributed by atoms with Crippen molar-refractivity contribution in [2.75, 3.05) is 47.1 Å². The van der Waals surface area contributed by atoms with Gasteiger partial charge in [0.2, 0.25) is 5.91 Å². The molecule has 1 aliphatic heterocycles. The molecule has 1 saturated heterocycles. The van der Waals surface area contributed by atoms with Gasteiger partial charge in [-0.05, 0) is 25.5 Å². The van der Waals surface area contributed by atoms with Crippen molar-refractivity contribution >= 4 is 28.4 Å². The number of aliphatic hydroxyl groups excluding tert-OH is 3. The molecule has 11 nitrogen and oxygen atoms in total. The highest BCUT2D eigenvalue weighted by Crippen LogP contribution is 2.21. The summed E-state index contributed by atoms with van der Waals surface area (Å²) >= 11 is 0. The second-order valence-electron chi connectivity index (χ2n) is 8.21. The van der Waals surface area contributed by atoms with Gasteiger partial charge in [-0.15, -0.1) is 0 Å². The monoisotopic (exact) mass is 492 g/mol. The second-order valence-corrected chi connectivity index (χ2v) is 8.21. The molecular formula is C24H36N4O7. The molecule has 1 aliphatic rings. The number of H-pyrrole nitrogens is 1. The number of likely N-dealkylation sites (N-methyl/N-ethyl adjacent to an activating group) is 1. The number of carbonyl (C=O) groups excluding carboxylic acids is 2. The third kappa shape index (κ3) is 7.49. The Morgan fingerprint density at radius 3 is 2.54 bits per heavy atom. The third-order valence-electron chi connectivity index (χ3n) is 5.84. The molecule has 3 unspecified atom stereocenters. The molecule has 2 aromatic rings. The molecular weight excluding hydrogens is 456 g/mol. The number of oxime groups is 1. The Balaban J connectivity index is 0.00000210. The first kappa shape index (κ1) is 28.2. The van der Waals surface area contributed by atoms with Crippen LogP contribution in [0, 0.1) is 0 Å². The number of amides is 2. The summed E-state index contributed by atoms with van der Waals surface area (Å²) in [5.41, 5.74) is 2.05. The predicted octanol–water partition coefficient (Wildman–Crippen LogP) is 0.139. The van der Waals surface area contributed by atoms with Gasteiger partial charge in [-0.1, -0.05) is 23.4 Å². The van der Waals surface area contributed by atoms with Crippen LogP contribution in [0.1, 0.15) is 19.4 Å². The number of hydrogen-bond acceptors (Lipinski definition) is 8. The van der Waals surface area contributed by atoms with Gasteiger partial charge in [-0.25, -0.2) is 0 Å². The van der Waals surface area contributed by atoms with Crippen molar-refractivity contribution in [3.63, 3.8) is 0 Å². The molecule has 194 valence electrons. The number of aliphatic hydroxyl groups is 3. The summed E-state index contributed by atoms with van der Waals surface area (Å²) in [6.45, 7) is 4.40. The van der Waals surface area contributed by atoms with Crippen LogP contribution in [0.2, 0.25) is 0 Å². The fourth-order valence-corrected chi connectivity index (χ4v) is 3.76. The van der Waals surface area contributed by atoms with Crippen LogP contribution in [0.5, 0.6) is 0 Å². The largest absolute Gasteiger partial charge is 0.400 e. The highest BCUT2D eigenvalue weighted by molar-refractivity contribution is 5.90. The lowest BCUT2D eigenvalue weighted by Gasteiger charge is -2.34. The van der Waals surface area contributed by atoms with E-state index in [-0.39, 0.29) is 11.6 Å². The fraction of sp³-hybridized carbons (Fsp3) is 0.542. The zero-order chi connectivity index (χ0) is 26.0. The van der Waals surface area contributed by atoms with Gasteiger partial charge in [0.15, 0.2) is 6.61 Å². The molecule has 0 spiro atoms. The van der Waals surface area contributed by atoms with Crippen LogP contribution in [0.3, 0.4) is 0 Å². The van der Waals surface area contributed by atoms with Crippen molar-refractivity contribution in [2.24, 2.45) is 5.16 Å². The highest BCUT2D eigenvalue weighted by Gasteiger charge is 2.32. The van der Waals surface area contributed by atoms with Gasteiger partial charge in [0.1, 0.15) is 12.1 Å². The maximum atomic E-state index is 13.4. The number of rotatable bonds is 9. The van der Waals surface area contributed by atoms with Crippen molar-refractivity contribution in [3.8, 4) is 0 Å². The number of aromatic nitrogens is 1. The summed E-state index contributed by atoms with van der Waals surface area (Å²) in [6, 6.07) is 7.08. The maximum Gasteiger partial charge on any atom is 0.263 e. The molecule has 1 fully saturated rings. The van der Waals surface area contributed by atoms with Crippen LogP contribution < -0.4 is 0 Å². The van der Waals surface area contributed by atoms with Gasteiger partial charge in [-0.3, -0.25) is 9.59 Å². The molecule has 1 aromatic heterocycles. The number of benzene rings is 1. The van der Waals surface area contributed by atoms with E-state index in [9.17, 15) is 19.8 Å². The van der Waals surface area contributed by atoms with Crippen molar-refractivity contribution < 1.29 is 34.5 Å². The molecule has 0 bridgehead atoms. The summed E-state index contributed by atoms with van der Waals surface area (Å²) < 4.78 is 5.36. The number of ether oxygens (including phenoxy) is 1. The molecule has 2 heterocycles. The molecule has 0 aliphatic carbocycles. The van der Waals surface area contributed by atoms with Gasteiger partial charge in [0.25, 0.3) is 5.91 Å². The summed E-state index contributed by atoms with van der Waals surface area (Å²) in [5.74, 6) is -0.576. The first-order valence-electron chi connectivity index (χ1n) is 11.4. The quantitative estimate of drug-likeness (QED) is 0.287. The lowest BCUT2D eigenvalue weighted by molar-refractivity contribution is -0.149. The molecule has 3 rings (SSSR count). The van der Waals surface area contributed by atoms with E-state index >= 15 is 0 Å². The van der Waals surface area contributed by atoms with E-state index in [0.29, 0.717) is 32.7 Å². The van der Waals surface area contributed by atoms with Crippen LogP contribution >= 0.6 is 0 Å². The summed E-state index contributed by atoms with van der Waals surface area (Å²) in [6.07, 6.45) is 0.00752. The number of nitrogens with zero attached hydrogens (tertiary/aromatic N) is 3.